The summed E-state index contributed by atoms with van der Waals surface area (Å²) in [5.41, 5.74) is 2.32. The van der Waals surface area contributed by atoms with E-state index in [0.717, 1.165) is 7.11 Å². The van der Waals surface area contributed by atoms with Gasteiger partial charge in [-0.25, -0.2) is 19.2 Å². The van der Waals surface area contributed by atoms with Crippen LogP contribution in [0.1, 0.15) is 60.8 Å². The Hall–Kier alpha value is -3.13. The number of ketones is 1. The number of hydrogen-bond donors (Lipinski definition) is 3. The van der Waals surface area contributed by atoms with E-state index in [1.807, 2.05) is 13.8 Å². The molecule has 3 aliphatic carbocycles. The first kappa shape index (κ1) is 33.2. The number of allylic oxidation sites excluding steroid dienone is 3. The van der Waals surface area contributed by atoms with Crippen molar-refractivity contribution in [3.63, 3.8) is 0 Å². The summed E-state index contributed by atoms with van der Waals surface area (Å²) in [6.07, 6.45) is -4.80. The van der Waals surface area contributed by atoms with Crippen molar-refractivity contribution in [1.29, 1.82) is 0 Å². The molecule has 13 heteroatoms. The number of fused-ring (bicyclic) bond motifs is 2. The van der Waals surface area contributed by atoms with Crippen molar-refractivity contribution < 1.29 is 57.9 Å². The van der Waals surface area contributed by atoms with Gasteiger partial charge in [0.2, 0.25) is 11.7 Å². The fourth-order valence-electron chi connectivity index (χ4n) is 9.16. The first-order valence-corrected chi connectivity index (χ1v) is 15.3. The zero-order chi connectivity index (χ0) is 33.4. The number of methoxy groups -OCH3 is 1. The predicted molar refractivity (Wildman–Crippen MR) is 153 cm³/mol. The van der Waals surface area contributed by atoms with Crippen LogP contribution in [-0.4, -0.2) is 89.6 Å². The molecular weight excluding hydrogens is 590 g/mol. The molecule has 0 radical (unpaired) electrons. The largest absolute Gasteiger partial charge is 0.467 e. The molecule has 0 amide bonds. The van der Waals surface area contributed by atoms with Gasteiger partial charge in [-0.05, 0) is 56.4 Å². The lowest BCUT2D eigenvalue weighted by molar-refractivity contribution is -0.290. The van der Waals surface area contributed by atoms with Crippen LogP contribution in [0.5, 0.6) is 0 Å². The van der Waals surface area contributed by atoms with E-state index in [9.17, 15) is 34.2 Å². The van der Waals surface area contributed by atoms with Gasteiger partial charge in [0, 0.05) is 23.8 Å². The summed E-state index contributed by atoms with van der Waals surface area (Å²) in [5.74, 6) is -6.97. The Kier molecular flexibility index (Phi) is 8.34. The van der Waals surface area contributed by atoms with Crippen LogP contribution in [0.4, 0.5) is 0 Å². The average Bonchev–Trinajstić information content (AvgIpc) is 3.25. The van der Waals surface area contributed by atoms with E-state index in [2.05, 4.69) is 0 Å². The second-order valence-electron chi connectivity index (χ2n) is 14.1. The Labute approximate surface area is 261 Å². The fraction of sp³-hybridized carbons (Fsp3) is 0.719. The maximum absolute atomic E-state index is 13.8. The lowest BCUT2D eigenvalue weighted by atomic mass is 9.38. The van der Waals surface area contributed by atoms with Crippen LogP contribution in [0.2, 0.25) is 0 Å². The van der Waals surface area contributed by atoms with E-state index in [1.54, 1.807) is 27.7 Å². The number of aliphatic hydroxyl groups excluding tert-OH is 2. The van der Waals surface area contributed by atoms with Crippen LogP contribution in [-0.2, 0) is 47.7 Å². The molecular formula is C32H43NO12. The van der Waals surface area contributed by atoms with E-state index < -0.39 is 94.3 Å². The summed E-state index contributed by atoms with van der Waals surface area (Å²) < 4.78 is 28.4. The molecule has 4 N–H and O–H groups in total. The molecule has 5 rings (SSSR count). The second-order valence-corrected chi connectivity index (χ2v) is 14.1. The van der Waals surface area contributed by atoms with Gasteiger partial charge < -0.3 is 39.6 Å². The van der Waals surface area contributed by atoms with Gasteiger partial charge >= 0.3 is 23.9 Å². The van der Waals surface area contributed by atoms with Crippen LogP contribution in [0.25, 0.3) is 0 Å². The third-order valence-corrected chi connectivity index (χ3v) is 10.7. The van der Waals surface area contributed by atoms with E-state index in [4.69, 9.17) is 29.4 Å². The van der Waals surface area contributed by atoms with Crippen LogP contribution in [0.15, 0.2) is 23.0 Å². The molecule has 2 heterocycles. The highest BCUT2D eigenvalue weighted by atomic mass is 16.6. The lowest BCUT2D eigenvalue weighted by Crippen LogP contribution is -2.79. The van der Waals surface area contributed by atoms with Crippen molar-refractivity contribution in [1.82, 2.24) is 0 Å². The standard InChI is InChI=1S/C32H43NO12/c1-13(2)8-17(33)27(38)45-22-15(5)16-10-19-31-12-42-32(29(40)41-7,26(37)21(36)24(31)30(16,6)11-18(22)34)25(31)23(28(39)43-19)44-20(35)9-14(3)4/h9,13,16-17,19,21,23-26,36-37H,8,10-12,33H2,1-7H3/t16-,17-,19+,21+,23+,24+,25+,26-,30-,31+,32-/m0/s1. The first-order chi connectivity index (χ1) is 21.0. The third-order valence-electron chi connectivity index (χ3n) is 10.7. The average molecular weight is 634 g/mol. The lowest BCUT2D eigenvalue weighted by Gasteiger charge is -2.67. The number of ether oxygens (including phenoxy) is 5. The molecule has 2 saturated carbocycles. The maximum atomic E-state index is 13.8. The van der Waals surface area contributed by atoms with Crippen LogP contribution < -0.4 is 5.73 Å². The Balaban J connectivity index is 1.64. The second kappa shape index (κ2) is 11.3. The smallest absolute Gasteiger partial charge is 0.348 e. The minimum absolute atomic E-state index is 0.117. The quantitative estimate of drug-likeness (QED) is 0.203. The Morgan fingerprint density at radius 3 is 2.42 bits per heavy atom. The predicted octanol–water partition coefficient (Wildman–Crippen LogP) is 0.876. The number of Topliss-reactive ketones (excluding diaryl/α,β-unsaturated/α-hetero) is 1. The molecule has 13 nitrogen and oxygen atoms in total. The first-order valence-electron chi connectivity index (χ1n) is 15.3. The number of nitrogens with two attached hydrogens (primary N) is 1. The van der Waals surface area contributed by atoms with Crippen LogP contribution in [0, 0.1) is 34.5 Å². The number of aliphatic hydroxyl groups is 2. The van der Waals surface area contributed by atoms with Gasteiger partial charge in [0.05, 0.1) is 25.7 Å². The minimum Gasteiger partial charge on any atom is -0.467 e. The van der Waals surface area contributed by atoms with E-state index in [1.165, 1.54) is 6.08 Å². The van der Waals surface area contributed by atoms with Gasteiger partial charge in [-0.3, -0.25) is 4.79 Å². The van der Waals surface area contributed by atoms with Gasteiger partial charge in [0.1, 0.15) is 18.2 Å². The minimum atomic E-state index is -2.27. The highest BCUT2D eigenvalue weighted by Crippen LogP contribution is 2.72. The summed E-state index contributed by atoms with van der Waals surface area (Å²) in [5, 5.41) is 23.6. The number of hydrogen-bond acceptors (Lipinski definition) is 13. The topological polar surface area (TPSA) is 198 Å². The summed E-state index contributed by atoms with van der Waals surface area (Å²) in [6.45, 7) is 10.3. The van der Waals surface area contributed by atoms with Crippen molar-refractivity contribution in [2.75, 3.05) is 13.7 Å². The van der Waals surface area contributed by atoms with Crippen molar-refractivity contribution in [3.8, 4) is 0 Å². The molecule has 11 atom stereocenters. The fourth-order valence-corrected chi connectivity index (χ4v) is 9.16. The Morgan fingerprint density at radius 1 is 1.16 bits per heavy atom. The molecule has 0 aromatic rings. The molecule has 45 heavy (non-hydrogen) atoms. The number of esters is 4. The van der Waals surface area contributed by atoms with Crippen molar-refractivity contribution in [2.24, 2.45) is 40.2 Å². The summed E-state index contributed by atoms with van der Waals surface area (Å²) in [7, 11) is 1.08. The molecule has 2 bridgehead atoms. The van der Waals surface area contributed by atoms with Gasteiger partial charge in [-0.15, -0.1) is 0 Å². The van der Waals surface area contributed by atoms with E-state index in [-0.39, 0.29) is 31.1 Å². The molecule has 1 spiro atoms. The van der Waals surface area contributed by atoms with E-state index in [0.29, 0.717) is 17.6 Å². The van der Waals surface area contributed by atoms with Gasteiger partial charge in [0.25, 0.3) is 0 Å². The third kappa shape index (κ3) is 4.68. The van der Waals surface area contributed by atoms with Crippen molar-refractivity contribution >= 4 is 29.7 Å². The van der Waals surface area contributed by atoms with Gasteiger partial charge in [-0.1, -0.05) is 26.3 Å². The maximum Gasteiger partial charge on any atom is 0.348 e. The number of rotatable bonds is 7. The van der Waals surface area contributed by atoms with Gasteiger partial charge in [-0.2, -0.15) is 0 Å². The normalized spacial score (nSPS) is 40.6. The Morgan fingerprint density at radius 2 is 1.82 bits per heavy atom. The SMILES string of the molecule is COC(=O)[C@@]12OC[C@]34[C@H]([C@@H](O)[C@@H]1O)[C@@]1(C)CC(=O)C(OC(=O)[C@@H](N)CC(C)C)=C(C)[C@@H]1C[C@H]3OC(=O)[C@H](OC(=O)C=C(C)C)[C@@H]24. The zero-order valence-corrected chi connectivity index (χ0v) is 26.7. The molecule has 0 aromatic heterocycles. The monoisotopic (exact) mass is 633 g/mol. The highest BCUT2D eigenvalue weighted by molar-refractivity contribution is 5.98. The summed E-state index contributed by atoms with van der Waals surface area (Å²) in [4.78, 5) is 66.6. The van der Waals surface area contributed by atoms with E-state index >= 15 is 0 Å². The van der Waals surface area contributed by atoms with Crippen molar-refractivity contribution in [2.45, 2.75) is 96.9 Å². The number of carbonyl (C=O) groups excluding carboxylic acids is 5. The zero-order valence-electron chi connectivity index (χ0n) is 26.7. The molecule has 0 aromatic carbocycles. The van der Waals surface area contributed by atoms with Crippen LogP contribution >= 0.6 is 0 Å². The molecule has 5 aliphatic rings. The molecule has 4 fully saturated rings. The summed E-state index contributed by atoms with van der Waals surface area (Å²) >= 11 is 0. The number of carbonyl (C=O) groups is 5. The van der Waals surface area contributed by atoms with Crippen molar-refractivity contribution in [3.05, 3.63) is 23.0 Å². The molecule has 0 unspecified atom stereocenters. The molecule has 2 saturated heterocycles. The summed E-state index contributed by atoms with van der Waals surface area (Å²) in [6, 6.07) is -0.940. The molecule has 2 aliphatic heterocycles. The van der Waals surface area contributed by atoms with Crippen LogP contribution in [0.3, 0.4) is 0 Å². The molecule has 248 valence electrons. The highest BCUT2D eigenvalue weighted by Gasteiger charge is 2.85. The Bertz CT molecular complexity index is 1380. The van der Waals surface area contributed by atoms with Gasteiger partial charge in [0.15, 0.2) is 11.5 Å².